The highest BCUT2D eigenvalue weighted by molar-refractivity contribution is 5.99. The number of H-pyrrole nitrogens is 1. The van der Waals surface area contributed by atoms with Crippen LogP contribution in [0.2, 0.25) is 0 Å². The number of nitrogens with zero attached hydrogens (tertiary/aromatic N) is 1. The normalized spacial score (nSPS) is 13.9. The number of carbonyl (C=O) groups is 1. The first-order chi connectivity index (χ1) is 14.2. The smallest absolute Gasteiger partial charge is 0.258 e. The maximum Gasteiger partial charge on any atom is 0.258 e. The van der Waals surface area contributed by atoms with Crippen molar-refractivity contribution in [2.24, 2.45) is 0 Å². The SMILES string of the molecule is COc1ccc(C(=O)N2CC=C(c3c[nH]c4ccccc34)CC2)c(OC)c1OC. The number of hydrogen-bond acceptors (Lipinski definition) is 4. The second-order valence-corrected chi connectivity index (χ2v) is 6.86. The molecule has 0 atom stereocenters. The van der Waals surface area contributed by atoms with Crippen LogP contribution in [0.15, 0.2) is 48.7 Å². The lowest BCUT2D eigenvalue weighted by Crippen LogP contribution is -2.34. The van der Waals surface area contributed by atoms with Crippen molar-refractivity contribution in [1.29, 1.82) is 0 Å². The molecule has 4 rings (SSSR count). The molecule has 6 heteroatoms. The number of para-hydroxylation sites is 1. The molecule has 2 aromatic carbocycles. The highest BCUT2D eigenvalue weighted by Gasteiger charge is 2.26. The molecule has 0 spiro atoms. The summed E-state index contributed by atoms with van der Waals surface area (Å²) in [5, 5.41) is 1.21. The molecular formula is C23H24N2O4. The Morgan fingerprint density at radius 1 is 1.00 bits per heavy atom. The molecule has 3 aromatic rings. The van der Waals surface area contributed by atoms with Crippen molar-refractivity contribution in [3.05, 3.63) is 59.8 Å². The Morgan fingerprint density at radius 3 is 2.48 bits per heavy atom. The van der Waals surface area contributed by atoms with Crippen molar-refractivity contribution in [2.45, 2.75) is 6.42 Å². The summed E-state index contributed by atoms with van der Waals surface area (Å²) in [5.41, 5.74) is 4.05. The first-order valence-electron chi connectivity index (χ1n) is 9.51. The van der Waals surface area contributed by atoms with Gasteiger partial charge in [0.25, 0.3) is 5.91 Å². The minimum Gasteiger partial charge on any atom is -0.493 e. The van der Waals surface area contributed by atoms with Gasteiger partial charge in [-0.15, -0.1) is 0 Å². The molecule has 1 aliphatic rings. The second-order valence-electron chi connectivity index (χ2n) is 6.86. The third kappa shape index (κ3) is 3.31. The molecule has 0 unspecified atom stereocenters. The van der Waals surface area contributed by atoms with Crippen LogP contribution in [0.25, 0.3) is 16.5 Å². The van der Waals surface area contributed by atoms with Gasteiger partial charge in [0, 0.05) is 35.8 Å². The van der Waals surface area contributed by atoms with Gasteiger partial charge in [-0.25, -0.2) is 0 Å². The molecular weight excluding hydrogens is 368 g/mol. The lowest BCUT2D eigenvalue weighted by molar-refractivity contribution is 0.0768. The van der Waals surface area contributed by atoms with E-state index in [0.717, 1.165) is 11.9 Å². The molecule has 1 amide bonds. The highest BCUT2D eigenvalue weighted by atomic mass is 16.5. The van der Waals surface area contributed by atoms with E-state index in [9.17, 15) is 4.79 Å². The van der Waals surface area contributed by atoms with Gasteiger partial charge in [0.15, 0.2) is 11.5 Å². The first-order valence-corrected chi connectivity index (χ1v) is 9.51. The van der Waals surface area contributed by atoms with Crippen molar-refractivity contribution < 1.29 is 19.0 Å². The molecule has 0 saturated heterocycles. The third-order valence-electron chi connectivity index (χ3n) is 5.37. The summed E-state index contributed by atoms with van der Waals surface area (Å²) in [6, 6.07) is 11.7. The number of carbonyl (C=O) groups excluding carboxylic acids is 1. The fourth-order valence-corrected chi connectivity index (χ4v) is 3.88. The van der Waals surface area contributed by atoms with Gasteiger partial charge >= 0.3 is 0 Å². The van der Waals surface area contributed by atoms with E-state index in [2.05, 4.69) is 23.2 Å². The topological polar surface area (TPSA) is 63.8 Å². The van der Waals surface area contributed by atoms with Crippen LogP contribution in [-0.4, -0.2) is 50.2 Å². The molecule has 29 heavy (non-hydrogen) atoms. The molecule has 6 nitrogen and oxygen atoms in total. The summed E-state index contributed by atoms with van der Waals surface area (Å²) in [4.78, 5) is 18.3. The van der Waals surface area contributed by atoms with Crippen LogP contribution >= 0.6 is 0 Å². The maximum absolute atomic E-state index is 13.2. The minimum absolute atomic E-state index is 0.0861. The lowest BCUT2D eigenvalue weighted by Gasteiger charge is -2.27. The Labute approximate surface area is 169 Å². The van der Waals surface area contributed by atoms with Crippen molar-refractivity contribution in [2.75, 3.05) is 34.4 Å². The van der Waals surface area contributed by atoms with Gasteiger partial charge in [-0.2, -0.15) is 0 Å². The van der Waals surface area contributed by atoms with Gasteiger partial charge in [0.1, 0.15) is 0 Å². The maximum atomic E-state index is 13.2. The van der Waals surface area contributed by atoms with E-state index >= 15 is 0 Å². The third-order valence-corrected chi connectivity index (χ3v) is 5.37. The van der Waals surface area contributed by atoms with Gasteiger partial charge in [-0.3, -0.25) is 4.79 Å². The number of aromatic amines is 1. The molecule has 1 aliphatic heterocycles. The van der Waals surface area contributed by atoms with Gasteiger partial charge in [0.2, 0.25) is 5.75 Å². The summed E-state index contributed by atoms with van der Waals surface area (Å²) in [5.74, 6) is 1.26. The Morgan fingerprint density at radius 2 is 1.79 bits per heavy atom. The number of aromatic nitrogens is 1. The zero-order chi connectivity index (χ0) is 20.4. The lowest BCUT2D eigenvalue weighted by atomic mass is 9.98. The van der Waals surface area contributed by atoms with Crippen LogP contribution in [-0.2, 0) is 0 Å². The molecule has 0 bridgehead atoms. The summed E-state index contributed by atoms with van der Waals surface area (Å²) in [6.45, 7) is 1.19. The van der Waals surface area contributed by atoms with E-state index in [4.69, 9.17) is 14.2 Å². The van der Waals surface area contributed by atoms with Crippen LogP contribution in [0.1, 0.15) is 22.3 Å². The van der Waals surface area contributed by atoms with Crippen molar-refractivity contribution >= 4 is 22.4 Å². The zero-order valence-corrected chi connectivity index (χ0v) is 16.8. The van der Waals surface area contributed by atoms with Crippen molar-refractivity contribution in [3.8, 4) is 17.2 Å². The zero-order valence-electron chi connectivity index (χ0n) is 16.8. The van der Waals surface area contributed by atoms with Crippen molar-refractivity contribution in [1.82, 2.24) is 9.88 Å². The summed E-state index contributed by atoms with van der Waals surface area (Å²) >= 11 is 0. The van der Waals surface area contributed by atoms with E-state index in [-0.39, 0.29) is 5.91 Å². The molecule has 0 fully saturated rings. The molecule has 150 valence electrons. The number of ether oxygens (including phenoxy) is 3. The molecule has 1 N–H and O–H groups in total. The standard InChI is InChI=1S/C23H24N2O4/c1-27-20-9-8-17(21(28-2)22(20)29-3)23(26)25-12-10-15(11-13-25)18-14-24-19-7-5-4-6-16(18)19/h4-10,14,24H,11-13H2,1-3H3. The number of benzene rings is 2. The molecule has 0 aliphatic carbocycles. The average molecular weight is 392 g/mol. The van der Waals surface area contributed by atoms with Gasteiger partial charge in [-0.1, -0.05) is 24.3 Å². The fourth-order valence-electron chi connectivity index (χ4n) is 3.88. The summed E-state index contributed by atoms with van der Waals surface area (Å²) in [6.07, 6.45) is 4.97. The van der Waals surface area contributed by atoms with E-state index in [0.29, 0.717) is 35.9 Å². The van der Waals surface area contributed by atoms with Gasteiger partial charge in [0.05, 0.1) is 26.9 Å². The minimum atomic E-state index is -0.0861. The molecule has 0 saturated carbocycles. The number of methoxy groups -OCH3 is 3. The number of fused-ring (bicyclic) bond motifs is 1. The number of nitrogens with one attached hydrogen (secondary N) is 1. The second kappa shape index (κ2) is 7.91. The Kier molecular flexibility index (Phi) is 5.16. The van der Waals surface area contributed by atoms with E-state index in [1.165, 1.54) is 30.7 Å². The monoisotopic (exact) mass is 392 g/mol. The summed E-state index contributed by atoms with van der Waals surface area (Å²) < 4.78 is 16.2. The van der Waals surface area contributed by atoms with E-state index in [1.54, 1.807) is 19.2 Å². The first kappa shape index (κ1) is 18.9. The Hall–Kier alpha value is -3.41. The quantitative estimate of drug-likeness (QED) is 0.709. The molecule has 1 aromatic heterocycles. The van der Waals surface area contributed by atoms with Crippen LogP contribution < -0.4 is 14.2 Å². The Balaban J connectivity index is 1.59. The van der Waals surface area contributed by atoms with E-state index < -0.39 is 0 Å². The fraction of sp³-hybridized carbons (Fsp3) is 0.261. The number of hydrogen-bond donors (Lipinski definition) is 1. The summed E-state index contributed by atoms with van der Waals surface area (Å²) in [7, 11) is 4.62. The van der Waals surface area contributed by atoms with Crippen molar-refractivity contribution in [3.63, 3.8) is 0 Å². The van der Waals surface area contributed by atoms with Crippen LogP contribution in [0, 0.1) is 0 Å². The van der Waals surface area contributed by atoms with Gasteiger partial charge in [-0.05, 0) is 30.2 Å². The van der Waals surface area contributed by atoms with Gasteiger partial charge < -0.3 is 24.1 Å². The molecule has 2 heterocycles. The highest BCUT2D eigenvalue weighted by Crippen LogP contribution is 2.40. The number of amides is 1. The predicted molar refractivity (Wildman–Crippen MR) is 113 cm³/mol. The Bertz CT molecular complexity index is 1080. The van der Waals surface area contributed by atoms with Crippen LogP contribution in [0.5, 0.6) is 17.2 Å². The molecule has 0 radical (unpaired) electrons. The van der Waals surface area contributed by atoms with Crippen LogP contribution in [0.4, 0.5) is 0 Å². The average Bonchev–Trinajstić information content (AvgIpc) is 3.21. The number of rotatable bonds is 5. The van der Waals surface area contributed by atoms with E-state index in [1.807, 2.05) is 23.2 Å². The van der Waals surface area contributed by atoms with Crippen LogP contribution in [0.3, 0.4) is 0 Å². The largest absolute Gasteiger partial charge is 0.493 e. The predicted octanol–water partition coefficient (Wildman–Crippen LogP) is 4.12.